The first-order chi connectivity index (χ1) is 11.2. The normalized spacial score (nSPS) is 21.5. The van der Waals surface area contributed by atoms with Gasteiger partial charge in [0.05, 0.1) is 11.5 Å². The number of sulfone groups is 1. The zero-order chi connectivity index (χ0) is 17.9. The molecule has 2 rings (SSSR count). The maximum absolute atomic E-state index is 12.0. The van der Waals surface area contributed by atoms with E-state index in [1.54, 1.807) is 25.4 Å². The van der Waals surface area contributed by atoms with Gasteiger partial charge in [0, 0.05) is 32.0 Å². The molecular formula is C18H23NO4S. The molecule has 0 N–H and O–H groups in total. The Morgan fingerprint density at radius 2 is 1.92 bits per heavy atom. The smallest absolute Gasteiger partial charge is 0.195 e. The number of ketones is 1. The highest BCUT2D eigenvalue weighted by molar-refractivity contribution is 7.90. The number of Topliss-reactive ketones (excluding diaryl/α,β-unsaturated/α-hetero) is 1. The number of carbonyl (C=O) groups excluding carboxylic acids is 1. The van der Waals surface area contributed by atoms with E-state index in [1.807, 2.05) is 0 Å². The molecule has 24 heavy (non-hydrogen) atoms. The standard InChI is InChI=1S/C18H23NO4S/c1-12-9-15(12)11-23-18(13(2)20)17(10-19-3)14-5-7-16(8-6-14)24(4,21)22/h5-8,10,12,15H,9,11H2,1-4H3/b18-17-,19-10?. The number of hydrogen-bond donors (Lipinski definition) is 0. The van der Waals surface area contributed by atoms with E-state index >= 15 is 0 Å². The third-order valence-corrected chi connectivity index (χ3v) is 5.26. The van der Waals surface area contributed by atoms with Gasteiger partial charge in [0.15, 0.2) is 21.4 Å². The van der Waals surface area contributed by atoms with Crippen molar-refractivity contribution in [3.8, 4) is 0 Å². The molecule has 0 radical (unpaired) electrons. The molecule has 0 spiro atoms. The highest BCUT2D eigenvalue weighted by atomic mass is 32.2. The van der Waals surface area contributed by atoms with Crippen molar-refractivity contribution in [3.63, 3.8) is 0 Å². The van der Waals surface area contributed by atoms with Gasteiger partial charge in [-0.1, -0.05) is 19.1 Å². The summed E-state index contributed by atoms with van der Waals surface area (Å²) in [5.41, 5.74) is 1.26. The first-order valence-corrected chi connectivity index (χ1v) is 9.73. The van der Waals surface area contributed by atoms with E-state index in [-0.39, 0.29) is 16.4 Å². The van der Waals surface area contributed by atoms with Crippen LogP contribution in [0.1, 0.15) is 25.8 Å². The van der Waals surface area contributed by atoms with Gasteiger partial charge < -0.3 is 4.74 Å². The lowest BCUT2D eigenvalue weighted by molar-refractivity contribution is -0.116. The first kappa shape index (κ1) is 18.4. The number of nitrogens with zero attached hydrogens (tertiary/aromatic N) is 1. The van der Waals surface area contributed by atoms with Crippen molar-refractivity contribution in [2.75, 3.05) is 19.9 Å². The van der Waals surface area contributed by atoms with Crippen LogP contribution in [0, 0.1) is 11.8 Å². The molecule has 1 fully saturated rings. The fourth-order valence-corrected chi connectivity index (χ4v) is 3.10. The largest absolute Gasteiger partial charge is 0.489 e. The molecule has 1 aliphatic rings. The molecule has 1 aliphatic carbocycles. The summed E-state index contributed by atoms with van der Waals surface area (Å²) in [7, 11) is -1.64. The third-order valence-electron chi connectivity index (χ3n) is 4.13. The Morgan fingerprint density at radius 1 is 1.33 bits per heavy atom. The minimum absolute atomic E-state index is 0.176. The lowest BCUT2D eigenvalue weighted by atomic mass is 10.0. The molecule has 0 bridgehead atoms. The van der Waals surface area contributed by atoms with Crippen molar-refractivity contribution in [2.45, 2.75) is 25.2 Å². The van der Waals surface area contributed by atoms with Crippen LogP contribution in [0.5, 0.6) is 0 Å². The Morgan fingerprint density at radius 3 is 2.33 bits per heavy atom. The van der Waals surface area contributed by atoms with E-state index in [2.05, 4.69) is 11.9 Å². The summed E-state index contributed by atoms with van der Waals surface area (Å²) < 4.78 is 28.9. The quantitative estimate of drug-likeness (QED) is 0.431. The third kappa shape index (κ3) is 4.54. The summed E-state index contributed by atoms with van der Waals surface area (Å²) in [4.78, 5) is 16.3. The molecule has 2 unspecified atom stereocenters. The fraction of sp³-hybridized carbons (Fsp3) is 0.444. The van der Waals surface area contributed by atoms with Crippen LogP contribution in [0.25, 0.3) is 5.57 Å². The zero-order valence-electron chi connectivity index (χ0n) is 14.4. The molecule has 1 aromatic rings. The van der Waals surface area contributed by atoms with Gasteiger partial charge in [0.1, 0.15) is 0 Å². The summed E-state index contributed by atoms with van der Waals surface area (Å²) in [5, 5.41) is 0. The van der Waals surface area contributed by atoms with Crippen LogP contribution >= 0.6 is 0 Å². The van der Waals surface area contributed by atoms with E-state index in [0.29, 0.717) is 29.6 Å². The van der Waals surface area contributed by atoms with Gasteiger partial charge in [0.2, 0.25) is 0 Å². The average molecular weight is 349 g/mol. The number of carbonyl (C=O) groups is 1. The number of ether oxygens (including phenoxy) is 1. The van der Waals surface area contributed by atoms with Gasteiger partial charge in [-0.3, -0.25) is 9.79 Å². The Hall–Kier alpha value is -1.95. The maximum Gasteiger partial charge on any atom is 0.195 e. The molecule has 0 saturated heterocycles. The lowest BCUT2D eigenvalue weighted by Gasteiger charge is -2.12. The number of benzene rings is 1. The molecule has 0 aromatic heterocycles. The van der Waals surface area contributed by atoms with E-state index < -0.39 is 9.84 Å². The van der Waals surface area contributed by atoms with Gasteiger partial charge in [-0.15, -0.1) is 0 Å². The van der Waals surface area contributed by atoms with Crippen molar-refractivity contribution in [3.05, 3.63) is 35.6 Å². The highest BCUT2D eigenvalue weighted by Crippen LogP contribution is 2.38. The van der Waals surface area contributed by atoms with Gasteiger partial charge >= 0.3 is 0 Å². The molecule has 0 aliphatic heterocycles. The van der Waals surface area contributed by atoms with Crippen molar-refractivity contribution in [2.24, 2.45) is 16.8 Å². The summed E-state index contributed by atoms with van der Waals surface area (Å²) in [6.45, 7) is 4.13. The highest BCUT2D eigenvalue weighted by Gasteiger charge is 2.33. The summed E-state index contributed by atoms with van der Waals surface area (Å²) in [6.07, 6.45) is 3.85. The predicted octanol–water partition coefficient (Wildman–Crippen LogP) is 2.76. The van der Waals surface area contributed by atoms with Crippen LogP contribution in [0.15, 0.2) is 39.9 Å². The van der Waals surface area contributed by atoms with Crippen LogP contribution in [-0.4, -0.2) is 40.3 Å². The molecule has 2 atom stereocenters. The van der Waals surface area contributed by atoms with Crippen LogP contribution in [0.3, 0.4) is 0 Å². The van der Waals surface area contributed by atoms with Gasteiger partial charge in [0.25, 0.3) is 0 Å². The van der Waals surface area contributed by atoms with E-state index in [4.69, 9.17) is 4.74 Å². The van der Waals surface area contributed by atoms with Crippen LogP contribution < -0.4 is 0 Å². The maximum atomic E-state index is 12.0. The van der Waals surface area contributed by atoms with Gasteiger partial charge in [-0.05, 0) is 36.0 Å². The summed E-state index contributed by atoms with van der Waals surface area (Å²) in [6, 6.07) is 6.38. The number of rotatable bonds is 7. The van der Waals surface area contributed by atoms with E-state index in [0.717, 1.165) is 12.7 Å². The van der Waals surface area contributed by atoms with Crippen molar-refractivity contribution in [1.82, 2.24) is 0 Å². The topological polar surface area (TPSA) is 72.8 Å². The second-order valence-corrected chi connectivity index (χ2v) is 8.28. The minimum atomic E-state index is -3.26. The van der Waals surface area contributed by atoms with Crippen LogP contribution in [0.4, 0.5) is 0 Å². The second kappa shape index (κ2) is 7.30. The molecular weight excluding hydrogens is 326 g/mol. The van der Waals surface area contributed by atoms with Crippen molar-refractivity contribution >= 4 is 27.4 Å². The molecule has 1 saturated carbocycles. The minimum Gasteiger partial charge on any atom is -0.489 e. The number of hydrogen-bond acceptors (Lipinski definition) is 5. The molecule has 5 nitrogen and oxygen atoms in total. The van der Waals surface area contributed by atoms with E-state index in [9.17, 15) is 13.2 Å². The van der Waals surface area contributed by atoms with Gasteiger partial charge in [-0.2, -0.15) is 0 Å². The Labute approximate surface area is 143 Å². The van der Waals surface area contributed by atoms with Crippen molar-refractivity contribution in [1.29, 1.82) is 0 Å². The zero-order valence-corrected chi connectivity index (χ0v) is 15.3. The number of allylic oxidation sites excluding steroid dienone is 2. The van der Waals surface area contributed by atoms with E-state index in [1.165, 1.54) is 19.1 Å². The SMILES string of the molecule is CN=C/C(=C(/OCC1CC1C)C(C)=O)c1ccc(S(C)(=O)=O)cc1. The lowest BCUT2D eigenvalue weighted by Crippen LogP contribution is -2.09. The average Bonchev–Trinajstić information content (AvgIpc) is 3.21. The Kier molecular flexibility index (Phi) is 5.59. The van der Waals surface area contributed by atoms with Gasteiger partial charge in [-0.25, -0.2) is 8.42 Å². The first-order valence-electron chi connectivity index (χ1n) is 7.84. The molecule has 0 amide bonds. The molecule has 1 aromatic carbocycles. The predicted molar refractivity (Wildman–Crippen MR) is 94.8 cm³/mol. The Bertz CT molecular complexity index is 776. The monoisotopic (exact) mass is 349 g/mol. The van der Waals surface area contributed by atoms with Crippen LogP contribution in [-0.2, 0) is 19.4 Å². The summed E-state index contributed by atoms with van der Waals surface area (Å²) >= 11 is 0. The fourth-order valence-electron chi connectivity index (χ4n) is 2.47. The summed E-state index contributed by atoms with van der Waals surface area (Å²) in [5.74, 6) is 1.22. The molecule has 0 heterocycles. The molecule has 6 heteroatoms. The van der Waals surface area contributed by atoms with Crippen molar-refractivity contribution < 1.29 is 17.9 Å². The number of aliphatic imine (C=N–C) groups is 1. The second-order valence-electron chi connectivity index (χ2n) is 6.27. The van der Waals surface area contributed by atoms with Crippen LogP contribution in [0.2, 0.25) is 0 Å². The molecule has 130 valence electrons. The Balaban J connectivity index is 2.38.